The summed E-state index contributed by atoms with van der Waals surface area (Å²) in [5.74, 6) is 0.719. The highest BCUT2D eigenvalue weighted by molar-refractivity contribution is 5.97. The van der Waals surface area contributed by atoms with Crippen LogP contribution in [-0.4, -0.2) is 49.3 Å². The third-order valence-electron chi connectivity index (χ3n) is 4.63. The van der Waals surface area contributed by atoms with Crippen molar-refractivity contribution < 1.29 is 14.3 Å². The van der Waals surface area contributed by atoms with Crippen LogP contribution in [0.4, 0.5) is 5.69 Å². The summed E-state index contributed by atoms with van der Waals surface area (Å²) in [5.41, 5.74) is -0.0301. The van der Waals surface area contributed by atoms with Crippen LogP contribution in [-0.2, 0) is 9.53 Å². The lowest BCUT2D eigenvalue weighted by Crippen LogP contribution is -2.42. The molecular weight excluding hydrogens is 328 g/mol. The van der Waals surface area contributed by atoms with Gasteiger partial charge in [0.1, 0.15) is 18.0 Å². The van der Waals surface area contributed by atoms with Gasteiger partial charge in [0, 0.05) is 18.8 Å². The monoisotopic (exact) mass is 364 g/mol. The molecule has 0 aliphatic heterocycles. The van der Waals surface area contributed by atoms with E-state index in [2.05, 4.69) is 31.0 Å². The highest BCUT2D eigenvalue weighted by atomic mass is 16.5. The zero-order valence-electron chi connectivity index (χ0n) is 17.1. The number of carbonyl (C=O) groups excluding carboxylic acids is 1. The van der Waals surface area contributed by atoms with Gasteiger partial charge in [0.15, 0.2) is 0 Å². The molecule has 148 valence electrons. The fourth-order valence-corrected chi connectivity index (χ4v) is 2.81. The second-order valence-electron chi connectivity index (χ2n) is 6.62. The number of likely N-dealkylation sites (N-methyl/N-ethyl adjacent to an activating group) is 1. The van der Waals surface area contributed by atoms with Crippen LogP contribution < -0.4 is 10.1 Å². The van der Waals surface area contributed by atoms with Crippen LogP contribution in [0, 0.1) is 0 Å². The van der Waals surface area contributed by atoms with Gasteiger partial charge in [-0.3, -0.25) is 4.79 Å². The van der Waals surface area contributed by atoms with Crippen LogP contribution in [0.15, 0.2) is 24.3 Å². The molecule has 26 heavy (non-hydrogen) atoms. The zero-order chi connectivity index (χ0) is 19.4. The maximum Gasteiger partial charge on any atom is 0.256 e. The fourth-order valence-electron chi connectivity index (χ4n) is 2.81. The molecule has 1 N–H and O–H groups in total. The Labute approximate surface area is 159 Å². The summed E-state index contributed by atoms with van der Waals surface area (Å²) in [5, 5.41) is 2.97. The quantitative estimate of drug-likeness (QED) is 0.566. The summed E-state index contributed by atoms with van der Waals surface area (Å²) in [6.07, 6.45) is 2.72. The molecule has 1 rings (SSSR count). The van der Waals surface area contributed by atoms with Gasteiger partial charge in [-0.25, -0.2) is 0 Å². The summed E-state index contributed by atoms with van der Waals surface area (Å²) in [6, 6.07) is 7.53. The number of hydrogen-bond acceptors (Lipinski definition) is 4. The molecule has 5 heteroatoms. The van der Waals surface area contributed by atoms with E-state index in [-0.39, 0.29) is 5.91 Å². The van der Waals surface area contributed by atoms with Crippen molar-refractivity contribution in [3.63, 3.8) is 0 Å². The van der Waals surface area contributed by atoms with Gasteiger partial charge in [0.05, 0.1) is 0 Å². The molecule has 0 heterocycles. The predicted molar refractivity (Wildman–Crippen MR) is 108 cm³/mol. The number of benzene rings is 1. The first-order chi connectivity index (χ1) is 12.5. The molecule has 1 atom stereocenters. The lowest BCUT2D eigenvalue weighted by atomic mass is 9.97. The van der Waals surface area contributed by atoms with Gasteiger partial charge < -0.3 is 19.7 Å². The van der Waals surface area contributed by atoms with Gasteiger partial charge in [-0.1, -0.05) is 33.6 Å². The second kappa shape index (κ2) is 11.9. The first-order valence-corrected chi connectivity index (χ1v) is 9.89. The Balaban J connectivity index is 2.58. The number of hydrogen-bond donors (Lipinski definition) is 1. The summed E-state index contributed by atoms with van der Waals surface area (Å²) < 4.78 is 11.5. The van der Waals surface area contributed by atoms with Gasteiger partial charge in [-0.2, -0.15) is 0 Å². The summed E-state index contributed by atoms with van der Waals surface area (Å²) in [6.45, 7) is 14.4. The van der Waals surface area contributed by atoms with Gasteiger partial charge in [-0.15, -0.1) is 0 Å². The molecule has 0 radical (unpaired) electrons. The van der Waals surface area contributed by atoms with E-state index in [0.29, 0.717) is 13.2 Å². The van der Waals surface area contributed by atoms with Gasteiger partial charge >= 0.3 is 0 Å². The molecule has 0 spiro atoms. The van der Waals surface area contributed by atoms with Crippen molar-refractivity contribution >= 4 is 11.6 Å². The largest absolute Gasteiger partial charge is 0.492 e. The average Bonchev–Trinajstić information content (AvgIpc) is 2.65. The minimum atomic E-state index is -0.788. The number of ether oxygens (including phenoxy) is 2. The average molecular weight is 365 g/mol. The molecule has 1 amide bonds. The highest BCUT2D eigenvalue weighted by Crippen LogP contribution is 2.23. The van der Waals surface area contributed by atoms with Gasteiger partial charge in [-0.05, 0) is 57.6 Å². The second-order valence-corrected chi connectivity index (χ2v) is 6.62. The van der Waals surface area contributed by atoms with E-state index in [9.17, 15) is 4.79 Å². The molecule has 0 aromatic heterocycles. The Kier molecular flexibility index (Phi) is 10.3. The maximum atomic E-state index is 12.7. The number of rotatable bonds is 13. The van der Waals surface area contributed by atoms with E-state index < -0.39 is 5.60 Å². The normalized spacial score (nSPS) is 13.5. The fraction of sp³-hybridized carbons (Fsp3) is 0.667. The van der Waals surface area contributed by atoms with Crippen molar-refractivity contribution in [1.29, 1.82) is 0 Å². The number of unbranched alkanes of at least 4 members (excludes halogenated alkanes) is 1. The van der Waals surface area contributed by atoms with Crippen LogP contribution in [0.2, 0.25) is 0 Å². The number of carbonyl (C=O) groups is 1. The van der Waals surface area contributed by atoms with E-state index in [4.69, 9.17) is 9.47 Å². The molecule has 1 aromatic rings. The zero-order valence-corrected chi connectivity index (χ0v) is 17.1. The molecule has 5 nitrogen and oxygen atoms in total. The van der Waals surface area contributed by atoms with Crippen LogP contribution >= 0.6 is 0 Å². The summed E-state index contributed by atoms with van der Waals surface area (Å²) >= 11 is 0. The van der Waals surface area contributed by atoms with E-state index in [1.165, 1.54) is 0 Å². The van der Waals surface area contributed by atoms with Gasteiger partial charge in [0.2, 0.25) is 0 Å². The van der Waals surface area contributed by atoms with E-state index in [1.54, 1.807) is 0 Å². The Morgan fingerprint density at radius 2 is 1.77 bits per heavy atom. The molecular formula is C21H36N2O3. The van der Waals surface area contributed by atoms with Crippen molar-refractivity contribution in [3.8, 4) is 5.75 Å². The maximum absolute atomic E-state index is 12.7. The van der Waals surface area contributed by atoms with Crippen molar-refractivity contribution in [1.82, 2.24) is 4.90 Å². The van der Waals surface area contributed by atoms with Gasteiger partial charge in [0.25, 0.3) is 5.91 Å². The molecule has 0 aliphatic carbocycles. The smallest absolute Gasteiger partial charge is 0.256 e. The minimum absolute atomic E-state index is 0.0944. The highest BCUT2D eigenvalue weighted by Gasteiger charge is 2.33. The third kappa shape index (κ3) is 7.34. The molecule has 0 aliphatic rings. The minimum Gasteiger partial charge on any atom is -0.492 e. The molecule has 1 unspecified atom stereocenters. The SMILES string of the molecule is CCCCC(C)(OCC)C(=O)Nc1ccc(OCCN(CC)CC)cc1. The van der Waals surface area contributed by atoms with Crippen LogP contribution in [0.3, 0.4) is 0 Å². The standard InChI is InChI=1S/C21H36N2O3/c1-6-10-15-21(5,26-9-4)20(24)22-18-11-13-19(14-12-18)25-17-16-23(7-2)8-3/h11-14H,6-10,15-17H2,1-5H3,(H,22,24). The van der Waals surface area contributed by atoms with Crippen LogP contribution in [0.5, 0.6) is 5.75 Å². The summed E-state index contributed by atoms with van der Waals surface area (Å²) in [7, 11) is 0. The van der Waals surface area contributed by atoms with E-state index in [1.807, 2.05) is 38.1 Å². The number of anilines is 1. The molecule has 0 saturated heterocycles. The third-order valence-corrected chi connectivity index (χ3v) is 4.63. The van der Waals surface area contributed by atoms with E-state index in [0.717, 1.165) is 50.3 Å². The van der Waals surface area contributed by atoms with E-state index >= 15 is 0 Å². The summed E-state index contributed by atoms with van der Waals surface area (Å²) in [4.78, 5) is 15.0. The van der Waals surface area contributed by atoms with Crippen LogP contribution in [0.25, 0.3) is 0 Å². The van der Waals surface area contributed by atoms with Crippen molar-refractivity contribution in [2.45, 2.75) is 59.5 Å². The van der Waals surface area contributed by atoms with Crippen molar-refractivity contribution in [2.75, 3.05) is 38.2 Å². The lowest BCUT2D eigenvalue weighted by molar-refractivity contribution is -0.139. The Morgan fingerprint density at radius 1 is 1.12 bits per heavy atom. The molecule has 0 fully saturated rings. The predicted octanol–water partition coefficient (Wildman–Crippen LogP) is 4.33. The Bertz CT molecular complexity index is 514. The Morgan fingerprint density at radius 3 is 2.31 bits per heavy atom. The van der Waals surface area contributed by atoms with Crippen molar-refractivity contribution in [3.05, 3.63) is 24.3 Å². The Hall–Kier alpha value is -1.59. The first kappa shape index (κ1) is 22.5. The number of nitrogens with one attached hydrogen (secondary N) is 1. The molecule has 0 bridgehead atoms. The van der Waals surface area contributed by atoms with Crippen molar-refractivity contribution in [2.24, 2.45) is 0 Å². The topological polar surface area (TPSA) is 50.8 Å². The number of amides is 1. The first-order valence-electron chi connectivity index (χ1n) is 9.89. The molecule has 1 aromatic carbocycles. The molecule has 0 saturated carbocycles. The lowest BCUT2D eigenvalue weighted by Gasteiger charge is -2.28. The number of nitrogens with zero attached hydrogens (tertiary/aromatic N) is 1. The van der Waals surface area contributed by atoms with Crippen LogP contribution in [0.1, 0.15) is 53.9 Å².